The Kier molecular flexibility index (Phi) is 10.3. The van der Waals surface area contributed by atoms with Gasteiger partial charge in [0.2, 0.25) is 0 Å². The van der Waals surface area contributed by atoms with Gasteiger partial charge in [-0.05, 0) is 50.1 Å². The van der Waals surface area contributed by atoms with Crippen LogP contribution in [0.3, 0.4) is 0 Å². The van der Waals surface area contributed by atoms with Crippen LogP contribution < -0.4 is 11.1 Å². The fraction of sp³-hybridized carbons (Fsp3) is 0.296. The van der Waals surface area contributed by atoms with Crippen molar-refractivity contribution in [3.8, 4) is 6.07 Å². The number of halogens is 3. The van der Waals surface area contributed by atoms with Crippen molar-refractivity contribution in [1.82, 2.24) is 10.2 Å². The van der Waals surface area contributed by atoms with E-state index < -0.39 is 24.2 Å². The summed E-state index contributed by atoms with van der Waals surface area (Å²) in [4.78, 5) is 27.8. The highest BCUT2D eigenvalue weighted by Crippen LogP contribution is 2.43. The minimum atomic E-state index is -2.69. The minimum absolute atomic E-state index is 0.00401. The Morgan fingerprint density at radius 1 is 1.24 bits per heavy atom. The van der Waals surface area contributed by atoms with Crippen molar-refractivity contribution in [2.75, 3.05) is 20.8 Å². The molecule has 1 aliphatic heterocycles. The van der Waals surface area contributed by atoms with E-state index in [0.717, 1.165) is 0 Å². The molecule has 0 saturated heterocycles. The molecule has 1 heterocycles. The van der Waals surface area contributed by atoms with E-state index in [1.54, 1.807) is 56.3 Å². The number of esters is 1. The third-order valence-corrected chi connectivity index (χ3v) is 5.79. The van der Waals surface area contributed by atoms with Crippen LogP contribution in [-0.4, -0.2) is 44.0 Å². The van der Waals surface area contributed by atoms with Gasteiger partial charge in [0.1, 0.15) is 5.82 Å². The fourth-order valence-corrected chi connectivity index (χ4v) is 4.15. The minimum Gasteiger partial charge on any atom is -0.463 e. The number of nitriles is 1. The van der Waals surface area contributed by atoms with Gasteiger partial charge in [-0.2, -0.15) is 5.26 Å². The van der Waals surface area contributed by atoms with Gasteiger partial charge in [0.15, 0.2) is 0 Å². The Morgan fingerprint density at radius 3 is 2.43 bits per heavy atom. The zero-order valence-electron chi connectivity index (χ0n) is 21.0. The summed E-state index contributed by atoms with van der Waals surface area (Å²) in [5, 5.41) is 11.7. The van der Waals surface area contributed by atoms with Crippen LogP contribution >= 0.6 is 0 Å². The number of nitrogens with two attached hydrogens (primary N) is 1. The number of hydrogen-bond donors (Lipinski definition) is 2. The first-order valence-corrected chi connectivity index (χ1v) is 11.4. The molecule has 7 nitrogen and oxygen atoms in total. The van der Waals surface area contributed by atoms with Crippen LogP contribution in [0.15, 0.2) is 82.5 Å². The van der Waals surface area contributed by atoms with Crippen LogP contribution in [0.25, 0.3) is 0 Å². The van der Waals surface area contributed by atoms with E-state index in [0.29, 0.717) is 24.0 Å². The molecular formula is C27H29F3N4O3. The second kappa shape index (κ2) is 13.2. The van der Waals surface area contributed by atoms with Crippen molar-refractivity contribution in [1.29, 1.82) is 5.26 Å². The van der Waals surface area contributed by atoms with Gasteiger partial charge < -0.3 is 20.7 Å². The molecule has 0 radical (unpaired) electrons. The van der Waals surface area contributed by atoms with Crippen LogP contribution in [0.4, 0.5) is 13.2 Å². The first-order valence-electron chi connectivity index (χ1n) is 11.4. The van der Waals surface area contributed by atoms with E-state index >= 15 is 0 Å². The zero-order chi connectivity index (χ0) is 27.7. The normalized spacial score (nSPS) is 17.3. The number of amides is 1. The summed E-state index contributed by atoms with van der Waals surface area (Å²) in [6.45, 7) is 3.37. The van der Waals surface area contributed by atoms with Crippen molar-refractivity contribution in [3.05, 3.63) is 93.6 Å². The van der Waals surface area contributed by atoms with Crippen molar-refractivity contribution >= 4 is 11.9 Å². The molecule has 3 N–H and O–H groups in total. The highest BCUT2D eigenvalue weighted by Gasteiger charge is 2.41. The van der Waals surface area contributed by atoms with Crippen molar-refractivity contribution in [3.63, 3.8) is 0 Å². The topological polar surface area (TPSA) is 108 Å². The summed E-state index contributed by atoms with van der Waals surface area (Å²) < 4.78 is 42.0. The number of rotatable bonds is 6. The molecule has 0 saturated carbocycles. The van der Waals surface area contributed by atoms with Gasteiger partial charge in [0.05, 0.1) is 42.5 Å². The number of hydrogen-bond acceptors (Lipinski definition) is 6. The lowest BCUT2D eigenvalue weighted by Crippen LogP contribution is -2.40. The van der Waals surface area contributed by atoms with Gasteiger partial charge in [-0.25, -0.2) is 13.6 Å². The fourth-order valence-electron chi connectivity index (χ4n) is 4.15. The molecular weight excluding hydrogens is 485 g/mol. The molecule has 10 heteroatoms. The number of carbonyl (C=O) groups excluding carboxylic acids is 2. The van der Waals surface area contributed by atoms with E-state index in [2.05, 4.69) is 5.32 Å². The Balaban J connectivity index is 0.00000235. The molecule has 1 aliphatic carbocycles. The summed E-state index contributed by atoms with van der Waals surface area (Å²) in [5.74, 6) is -2.12. The molecule has 1 amide bonds. The van der Waals surface area contributed by atoms with Crippen LogP contribution in [0, 0.1) is 11.3 Å². The number of allylic oxidation sites excluding steroid dienone is 6. The van der Waals surface area contributed by atoms with Gasteiger partial charge in [-0.1, -0.05) is 24.3 Å². The monoisotopic (exact) mass is 514 g/mol. The van der Waals surface area contributed by atoms with Gasteiger partial charge >= 0.3 is 5.97 Å². The van der Waals surface area contributed by atoms with Crippen LogP contribution in [0.5, 0.6) is 0 Å². The summed E-state index contributed by atoms with van der Waals surface area (Å²) >= 11 is 0. The molecule has 1 aromatic rings. The maximum absolute atomic E-state index is 13.6. The van der Waals surface area contributed by atoms with E-state index in [9.17, 15) is 22.8 Å². The second-order valence-corrected chi connectivity index (χ2v) is 7.84. The predicted octanol–water partition coefficient (Wildman–Crippen LogP) is 4.33. The first-order chi connectivity index (χ1) is 17.7. The quantitative estimate of drug-likeness (QED) is 0.547. The number of nitrogens with zero attached hydrogens (tertiary/aromatic N) is 2. The molecule has 0 bridgehead atoms. The summed E-state index contributed by atoms with van der Waals surface area (Å²) in [6.07, 6.45) is 3.50. The standard InChI is InChI=1S/C26H26F2N4O3.CH3F/c1-4-35-26(34)20-15(2)32(19-8-6-5-7-18(13-19)23(27)28)24(30)22(25(33)31-3)21(20)17-11-9-16(14-29)10-12-17;1-2/h5-6,8-13,21,23H,4,7,30H2,1-3H3,(H,31,33);1H3. The molecule has 0 aromatic heterocycles. The number of ether oxygens (including phenoxy) is 1. The van der Waals surface area contributed by atoms with Crippen LogP contribution in [0.1, 0.15) is 37.3 Å². The third-order valence-electron chi connectivity index (χ3n) is 5.79. The first kappa shape index (κ1) is 29.0. The molecule has 2 aliphatic rings. The highest BCUT2D eigenvalue weighted by atomic mass is 19.3. The molecule has 3 rings (SSSR count). The summed E-state index contributed by atoms with van der Waals surface area (Å²) in [6, 6.07) is 8.47. The molecule has 196 valence electrons. The number of carbonyl (C=O) groups is 2. The largest absolute Gasteiger partial charge is 0.463 e. The predicted molar refractivity (Wildman–Crippen MR) is 133 cm³/mol. The molecule has 37 heavy (non-hydrogen) atoms. The smallest absolute Gasteiger partial charge is 0.336 e. The number of nitrogens with one attached hydrogen (secondary N) is 1. The Hall–Kier alpha value is -4.26. The van der Waals surface area contributed by atoms with Crippen LogP contribution in [-0.2, 0) is 14.3 Å². The van der Waals surface area contributed by atoms with E-state index in [4.69, 9.17) is 15.7 Å². The van der Waals surface area contributed by atoms with E-state index in [-0.39, 0.29) is 41.3 Å². The van der Waals surface area contributed by atoms with Gasteiger partial charge in [0, 0.05) is 24.0 Å². The second-order valence-electron chi connectivity index (χ2n) is 7.84. The number of benzene rings is 1. The van der Waals surface area contributed by atoms with Gasteiger partial charge in [-0.3, -0.25) is 9.18 Å². The molecule has 1 aromatic carbocycles. The van der Waals surface area contributed by atoms with Gasteiger partial charge in [-0.15, -0.1) is 0 Å². The average Bonchev–Trinajstić information content (AvgIpc) is 3.16. The highest BCUT2D eigenvalue weighted by molar-refractivity contribution is 6.02. The summed E-state index contributed by atoms with van der Waals surface area (Å²) in [5.41, 5.74) is 8.20. The van der Waals surface area contributed by atoms with Crippen molar-refractivity contribution < 1.29 is 27.5 Å². The van der Waals surface area contributed by atoms with Crippen molar-refractivity contribution in [2.45, 2.75) is 32.6 Å². The zero-order valence-corrected chi connectivity index (χ0v) is 21.0. The van der Waals surface area contributed by atoms with E-state index in [1.807, 2.05) is 6.07 Å². The molecule has 1 unspecified atom stereocenters. The van der Waals surface area contributed by atoms with Crippen molar-refractivity contribution in [2.24, 2.45) is 5.73 Å². The Morgan fingerprint density at radius 2 is 1.89 bits per heavy atom. The van der Waals surface area contributed by atoms with Crippen LogP contribution in [0.2, 0.25) is 0 Å². The molecule has 0 fully saturated rings. The third kappa shape index (κ3) is 6.12. The Labute approximate surface area is 214 Å². The maximum Gasteiger partial charge on any atom is 0.336 e. The number of likely N-dealkylation sites (N-methyl/N-ethyl adjacent to an activating group) is 1. The molecule has 1 atom stereocenters. The summed E-state index contributed by atoms with van der Waals surface area (Å²) in [7, 11) is 1.93. The molecule has 0 spiro atoms. The average molecular weight is 515 g/mol. The SMILES string of the molecule is CCOC(=O)C1=C(C)N(C2=CC=CCC(C(F)F)=C2)C(N)=C(C(=O)NC)C1c1ccc(C#N)cc1.CF. The lowest BCUT2D eigenvalue weighted by atomic mass is 9.80. The van der Waals surface area contributed by atoms with Gasteiger partial charge in [0.25, 0.3) is 12.3 Å². The number of alkyl halides is 3. The lowest BCUT2D eigenvalue weighted by molar-refractivity contribution is -0.139. The maximum atomic E-state index is 13.6. The lowest BCUT2D eigenvalue weighted by Gasteiger charge is -2.38. The Bertz CT molecular complexity index is 1220. The van der Waals surface area contributed by atoms with E-state index in [1.165, 1.54) is 18.0 Å².